The number of carbonyl (C=O) groups is 1. The zero-order valence-electron chi connectivity index (χ0n) is 12.6. The van der Waals surface area contributed by atoms with Crippen molar-refractivity contribution < 1.29 is 4.79 Å². The number of nitrogens with zero attached hydrogens (tertiary/aromatic N) is 2. The fourth-order valence-electron chi connectivity index (χ4n) is 3.10. The average Bonchev–Trinajstić information content (AvgIpc) is 2.48. The Hall–Kier alpha value is -0.910. The number of carbonyl (C=O) groups excluding carboxylic acids is 1. The summed E-state index contributed by atoms with van der Waals surface area (Å²) in [4.78, 5) is 18.0. The van der Waals surface area contributed by atoms with Gasteiger partial charge in [-0.2, -0.15) is 11.8 Å². The highest BCUT2D eigenvalue weighted by Gasteiger charge is 2.38. The van der Waals surface area contributed by atoms with Crippen molar-refractivity contribution in [2.45, 2.75) is 36.9 Å². The number of guanidine groups is 1. The van der Waals surface area contributed by atoms with Crippen molar-refractivity contribution in [1.82, 2.24) is 15.5 Å². The maximum absolute atomic E-state index is 11.4. The highest BCUT2D eigenvalue weighted by molar-refractivity contribution is 8.00. The van der Waals surface area contributed by atoms with Gasteiger partial charge in [0.1, 0.15) is 0 Å². The molecule has 1 aliphatic carbocycles. The summed E-state index contributed by atoms with van der Waals surface area (Å²) in [6.07, 6.45) is 6.73. The van der Waals surface area contributed by atoms with E-state index in [4.69, 9.17) is 0 Å². The molecule has 1 saturated heterocycles. The first-order valence-electron chi connectivity index (χ1n) is 7.49. The molecule has 2 N–H and O–H groups in total. The molecule has 0 unspecified atom stereocenters. The van der Waals surface area contributed by atoms with Crippen LogP contribution in [0, 0.1) is 0 Å². The third-order valence-electron chi connectivity index (χ3n) is 4.21. The van der Waals surface area contributed by atoms with Crippen LogP contribution in [0.5, 0.6) is 0 Å². The van der Waals surface area contributed by atoms with Crippen LogP contribution in [0.1, 0.15) is 32.1 Å². The second kappa shape index (κ2) is 7.20. The maximum Gasteiger partial charge on any atom is 0.239 e. The molecule has 1 heterocycles. The lowest BCUT2D eigenvalue weighted by molar-refractivity contribution is -0.119. The van der Waals surface area contributed by atoms with E-state index in [2.05, 4.69) is 32.3 Å². The number of aliphatic imine (C=N–C) groups is 1. The third kappa shape index (κ3) is 3.81. The first-order valence-corrected chi connectivity index (χ1v) is 8.48. The minimum atomic E-state index is -0.00934. The van der Waals surface area contributed by atoms with Gasteiger partial charge in [0.2, 0.25) is 5.91 Å². The SMILES string of the molecule is CN=C(NCC(=O)NC)N1CCSC2(CCCCC2)C1. The van der Waals surface area contributed by atoms with Crippen molar-refractivity contribution >= 4 is 23.6 Å². The first kappa shape index (κ1) is 15.5. The Morgan fingerprint density at radius 3 is 2.75 bits per heavy atom. The second-order valence-electron chi connectivity index (χ2n) is 5.59. The standard InChI is InChI=1S/C14H26N4OS/c1-15-12(19)10-17-13(16-2)18-8-9-20-14(11-18)6-4-3-5-7-14/h3-11H2,1-2H3,(H,15,19)(H,16,17). The third-order valence-corrected chi connectivity index (χ3v) is 5.75. The van der Waals surface area contributed by atoms with Gasteiger partial charge >= 0.3 is 0 Å². The predicted molar refractivity (Wildman–Crippen MR) is 85.3 cm³/mol. The summed E-state index contributed by atoms with van der Waals surface area (Å²) in [6, 6.07) is 0. The smallest absolute Gasteiger partial charge is 0.239 e. The summed E-state index contributed by atoms with van der Waals surface area (Å²) in [5.41, 5.74) is 0. The van der Waals surface area contributed by atoms with E-state index in [9.17, 15) is 4.79 Å². The van der Waals surface area contributed by atoms with Crippen LogP contribution < -0.4 is 10.6 Å². The molecule has 1 saturated carbocycles. The molecule has 0 aromatic rings. The van der Waals surface area contributed by atoms with E-state index < -0.39 is 0 Å². The molecule has 1 aliphatic heterocycles. The van der Waals surface area contributed by atoms with Gasteiger partial charge in [-0.15, -0.1) is 0 Å². The number of hydrogen-bond acceptors (Lipinski definition) is 3. The Kier molecular flexibility index (Phi) is 5.57. The van der Waals surface area contributed by atoms with Gasteiger partial charge in [-0.3, -0.25) is 9.79 Å². The lowest BCUT2D eigenvalue weighted by Crippen LogP contribution is -2.54. The van der Waals surface area contributed by atoms with E-state index in [1.54, 1.807) is 14.1 Å². The predicted octanol–water partition coefficient (Wildman–Crippen LogP) is 1.06. The molecule has 20 heavy (non-hydrogen) atoms. The molecule has 0 atom stereocenters. The number of amides is 1. The van der Waals surface area contributed by atoms with Gasteiger partial charge in [0, 0.05) is 37.7 Å². The molecule has 2 aliphatic rings. The second-order valence-corrected chi connectivity index (χ2v) is 7.15. The highest BCUT2D eigenvalue weighted by Crippen LogP contribution is 2.42. The van der Waals surface area contributed by atoms with Crippen molar-refractivity contribution in [3.05, 3.63) is 0 Å². The normalized spacial score (nSPS) is 22.7. The summed E-state index contributed by atoms with van der Waals surface area (Å²) in [7, 11) is 3.45. The molecule has 2 rings (SSSR count). The van der Waals surface area contributed by atoms with Crippen molar-refractivity contribution in [3.63, 3.8) is 0 Å². The Bertz CT molecular complexity index is 361. The fraction of sp³-hybridized carbons (Fsp3) is 0.857. The van der Waals surface area contributed by atoms with E-state index in [0.717, 1.165) is 24.8 Å². The highest BCUT2D eigenvalue weighted by atomic mass is 32.2. The van der Waals surface area contributed by atoms with Crippen LogP contribution in [0.15, 0.2) is 4.99 Å². The maximum atomic E-state index is 11.4. The van der Waals surface area contributed by atoms with Crippen LogP contribution >= 0.6 is 11.8 Å². The Labute approximate surface area is 126 Å². The van der Waals surface area contributed by atoms with Gasteiger partial charge in [0.15, 0.2) is 5.96 Å². The van der Waals surface area contributed by atoms with Crippen molar-refractivity contribution in [3.8, 4) is 0 Å². The van der Waals surface area contributed by atoms with Gasteiger partial charge in [-0.25, -0.2) is 0 Å². The molecule has 0 radical (unpaired) electrons. The van der Waals surface area contributed by atoms with Gasteiger partial charge in [-0.1, -0.05) is 19.3 Å². The topological polar surface area (TPSA) is 56.7 Å². The van der Waals surface area contributed by atoms with Crippen LogP contribution in [0.2, 0.25) is 0 Å². The van der Waals surface area contributed by atoms with Gasteiger partial charge in [0.25, 0.3) is 0 Å². The summed E-state index contributed by atoms with van der Waals surface area (Å²) < 4.78 is 0.418. The quantitative estimate of drug-likeness (QED) is 0.591. The van der Waals surface area contributed by atoms with E-state index in [1.165, 1.54) is 32.1 Å². The minimum absolute atomic E-state index is 0.00934. The molecule has 0 aromatic carbocycles. The lowest BCUT2D eigenvalue weighted by atomic mass is 9.87. The zero-order valence-corrected chi connectivity index (χ0v) is 13.4. The molecule has 6 heteroatoms. The van der Waals surface area contributed by atoms with Gasteiger partial charge in [0.05, 0.1) is 6.54 Å². The van der Waals surface area contributed by atoms with Crippen LogP contribution in [0.3, 0.4) is 0 Å². The van der Waals surface area contributed by atoms with E-state index >= 15 is 0 Å². The van der Waals surface area contributed by atoms with Crippen molar-refractivity contribution in [2.75, 3.05) is 39.5 Å². The van der Waals surface area contributed by atoms with Crippen LogP contribution in [-0.2, 0) is 4.79 Å². The van der Waals surface area contributed by atoms with Gasteiger partial charge in [-0.05, 0) is 12.8 Å². The molecule has 0 aromatic heterocycles. The van der Waals surface area contributed by atoms with Crippen molar-refractivity contribution in [1.29, 1.82) is 0 Å². The summed E-state index contributed by atoms with van der Waals surface area (Å²) >= 11 is 2.14. The van der Waals surface area contributed by atoms with Crippen molar-refractivity contribution in [2.24, 2.45) is 4.99 Å². The molecule has 114 valence electrons. The number of hydrogen-bond donors (Lipinski definition) is 2. The Balaban J connectivity index is 1.94. The number of thioether (sulfide) groups is 1. The zero-order chi connectivity index (χ0) is 14.4. The average molecular weight is 298 g/mol. The Morgan fingerprint density at radius 2 is 2.10 bits per heavy atom. The monoisotopic (exact) mass is 298 g/mol. The van der Waals surface area contributed by atoms with Crippen LogP contribution in [0.25, 0.3) is 0 Å². The Morgan fingerprint density at radius 1 is 1.35 bits per heavy atom. The van der Waals surface area contributed by atoms with E-state index in [0.29, 0.717) is 11.3 Å². The minimum Gasteiger partial charge on any atom is -0.358 e. The summed E-state index contributed by atoms with van der Waals surface area (Å²) in [5, 5.41) is 5.79. The molecular formula is C14H26N4OS. The lowest BCUT2D eigenvalue weighted by Gasteiger charge is -2.45. The first-order chi connectivity index (χ1) is 9.69. The molecular weight excluding hydrogens is 272 g/mol. The number of nitrogens with one attached hydrogen (secondary N) is 2. The fourth-order valence-corrected chi connectivity index (χ4v) is 4.67. The number of rotatable bonds is 2. The molecule has 1 spiro atoms. The van der Waals surface area contributed by atoms with E-state index in [1.807, 2.05) is 0 Å². The summed E-state index contributed by atoms with van der Waals surface area (Å²) in [6.45, 7) is 2.37. The molecule has 5 nitrogen and oxygen atoms in total. The van der Waals surface area contributed by atoms with Crippen LogP contribution in [0.4, 0.5) is 0 Å². The molecule has 2 fully saturated rings. The van der Waals surface area contributed by atoms with Crippen LogP contribution in [-0.4, -0.2) is 61.0 Å². The van der Waals surface area contributed by atoms with E-state index in [-0.39, 0.29) is 5.91 Å². The number of likely N-dealkylation sites (N-methyl/N-ethyl adjacent to an activating group) is 1. The molecule has 0 bridgehead atoms. The summed E-state index contributed by atoms with van der Waals surface area (Å²) in [5.74, 6) is 2.00. The molecule has 1 amide bonds. The largest absolute Gasteiger partial charge is 0.358 e. The van der Waals surface area contributed by atoms with Gasteiger partial charge < -0.3 is 15.5 Å².